The quantitative estimate of drug-likeness (QED) is 0.144. The van der Waals surface area contributed by atoms with Gasteiger partial charge in [0.1, 0.15) is 17.2 Å². The number of aromatic nitrogens is 2. The molecule has 0 spiro atoms. The molecule has 1 aliphatic rings. The molecule has 1 aliphatic heterocycles. The van der Waals surface area contributed by atoms with Crippen LogP contribution >= 0.6 is 0 Å². The molecule has 0 bridgehead atoms. The Morgan fingerprint density at radius 3 is 2.40 bits per heavy atom. The van der Waals surface area contributed by atoms with Gasteiger partial charge in [0.2, 0.25) is 0 Å². The fourth-order valence-electron chi connectivity index (χ4n) is 4.69. The normalized spacial score (nSPS) is 15.9. The van der Waals surface area contributed by atoms with Crippen LogP contribution in [0, 0.1) is 16.7 Å². The minimum Gasteiger partial charge on any atom is -0.379 e. The maximum atomic E-state index is 13.2. The number of aromatic amines is 1. The van der Waals surface area contributed by atoms with Gasteiger partial charge in [-0.05, 0) is 48.7 Å². The average Bonchev–Trinajstić information content (AvgIpc) is 2.93. The zero-order valence-corrected chi connectivity index (χ0v) is 21.8. The van der Waals surface area contributed by atoms with Gasteiger partial charge in [-0.15, -0.1) is 0 Å². The number of hydrogen-bond acceptors (Lipinski definition) is 7. The van der Waals surface area contributed by atoms with Crippen LogP contribution in [0.15, 0.2) is 59.7 Å². The molecule has 0 radical (unpaired) electrons. The largest absolute Gasteiger partial charge is 0.418 e. The van der Waals surface area contributed by atoms with Crippen molar-refractivity contribution in [2.24, 2.45) is 0 Å². The topological polar surface area (TPSA) is 141 Å². The number of amidine groups is 1. The van der Waals surface area contributed by atoms with Gasteiger partial charge in [-0.1, -0.05) is 12.1 Å². The zero-order chi connectivity index (χ0) is 30.7. The fourth-order valence-corrected chi connectivity index (χ4v) is 4.69. The number of hydrogen-bond donors (Lipinski definition) is 5. The summed E-state index contributed by atoms with van der Waals surface area (Å²) in [6.45, 7) is 0.515. The van der Waals surface area contributed by atoms with Crippen molar-refractivity contribution >= 4 is 23.0 Å². The second-order valence-electron chi connectivity index (χ2n) is 9.79. The summed E-state index contributed by atoms with van der Waals surface area (Å²) in [6.07, 6.45) is -9.03. The minimum absolute atomic E-state index is 0.00709. The Hall–Kier alpha value is -4.58. The Labute approximate surface area is 235 Å². The third-order valence-corrected chi connectivity index (χ3v) is 6.95. The molecule has 15 heteroatoms. The van der Waals surface area contributed by atoms with E-state index in [0.717, 1.165) is 30.5 Å². The van der Waals surface area contributed by atoms with Crippen LogP contribution in [0.4, 0.5) is 43.5 Å². The molecule has 222 valence electrons. The van der Waals surface area contributed by atoms with Crippen LogP contribution in [0.1, 0.15) is 42.1 Å². The number of benzene rings is 1. The second kappa shape index (κ2) is 11.7. The third kappa shape index (κ3) is 6.82. The molecule has 0 amide bonds. The number of piperidine rings is 1. The van der Waals surface area contributed by atoms with Crippen LogP contribution < -0.4 is 21.1 Å². The van der Waals surface area contributed by atoms with E-state index in [1.165, 1.54) is 24.4 Å². The molecule has 1 unspecified atom stereocenters. The molecule has 0 saturated carbocycles. The molecule has 5 N–H and O–H groups in total. The first kappa shape index (κ1) is 30.4. The number of pyridine rings is 2. The van der Waals surface area contributed by atoms with Crippen LogP contribution in [0.25, 0.3) is 0 Å². The molecule has 2 aromatic heterocycles. The van der Waals surface area contributed by atoms with Gasteiger partial charge in [0, 0.05) is 31.2 Å². The highest BCUT2D eigenvalue weighted by atomic mass is 19.4. The maximum Gasteiger partial charge on any atom is 0.418 e. The lowest BCUT2D eigenvalue weighted by atomic mass is 9.84. The molecule has 0 aliphatic carbocycles. The van der Waals surface area contributed by atoms with Crippen molar-refractivity contribution in [2.45, 2.75) is 43.3 Å². The monoisotopic (exact) mass is 593 g/mol. The van der Waals surface area contributed by atoms with E-state index in [-0.39, 0.29) is 48.1 Å². The molecule has 42 heavy (non-hydrogen) atoms. The first-order valence-corrected chi connectivity index (χ1v) is 12.6. The van der Waals surface area contributed by atoms with E-state index in [2.05, 4.69) is 26.7 Å². The number of H-pyrrole nitrogens is 1. The lowest BCUT2D eigenvalue weighted by Crippen LogP contribution is -2.50. The van der Waals surface area contributed by atoms with Gasteiger partial charge in [-0.3, -0.25) is 10.2 Å². The number of rotatable bonds is 7. The van der Waals surface area contributed by atoms with Crippen molar-refractivity contribution in [2.75, 3.05) is 28.6 Å². The van der Waals surface area contributed by atoms with Crippen LogP contribution in [0.5, 0.6) is 0 Å². The first-order valence-electron chi connectivity index (χ1n) is 12.6. The van der Waals surface area contributed by atoms with Gasteiger partial charge in [-0.25, -0.2) is 4.98 Å². The predicted molar refractivity (Wildman–Crippen MR) is 142 cm³/mol. The van der Waals surface area contributed by atoms with Crippen molar-refractivity contribution in [3.8, 4) is 6.07 Å². The SMILES string of the molecule is N#CCC1(Nc2cc[nH]c(=O)c2C(=N)Nc2ccc(C(O)C(F)(F)F)cc2)CCN(c2cc(C(F)(F)F)ccn2)CC1. The van der Waals surface area contributed by atoms with E-state index in [9.17, 15) is 41.5 Å². The zero-order valence-electron chi connectivity index (χ0n) is 21.8. The second-order valence-corrected chi connectivity index (χ2v) is 9.79. The molecule has 4 rings (SSSR count). The molecular formula is C27H25F6N7O2. The van der Waals surface area contributed by atoms with Crippen molar-refractivity contribution in [1.82, 2.24) is 9.97 Å². The number of nitrogens with one attached hydrogen (secondary N) is 4. The Morgan fingerprint density at radius 2 is 1.81 bits per heavy atom. The molecule has 3 aromatic rings. The molecule has 1 fully saturated rings. The Balaban J connectivity index is 1.52. The van der Waals surface area contributed by atoms with E-state index in [0.29, 0.717) is 12.8 Å². The Morgan fingerprint density at radius 1 is 1.14 bits per heavy atom. The molecule has 9 nitrogen and oxygen atoms in total. The summed E-state index contributed by atoms with van der Waals surface area (Å²) in [5.74, 6) is -0.242. The minimum atomic E-state index is -4.85. The molecular weight excluding hydrogens is 568 g/mol. The number of alkyl halides is 6. The van der Waals surface area contributed by atoms with Crippen molar-refractivity contribution in [3.63, 3.8) is 0 Å². The molecule has 1 atom stereocenters. The molecule has 1 saturated heterocycles. The summed E-state index contributed by atoms with van der Waals surface area (Å²) in [5.41, 5.74) is -2.50. The Kier molecular flexibility index (Phi) is 8.48. The Bertz CT molecular complexity index is 1520. The standard InChI is InChI=1S/C27H25F6N7O2/c28-26(29,30)17-5-11-36-20(15-17)40-13-8-25(7-10-34,9-14-40)39-19-6-12-37-24(42)21(19)23(35)38-18-3-1-16(2-4-18)22(41)27(31,32)33/h1-6,11-12,15,22,41H,7-9,13-14H2,(H2,35,38)(H2,37,39,42). The first-order chi connectivity index (χ1) is 19.7. The summed E-state index contributed by atoms with van der Waals surface area (Å²) in [7, 11) is 0. The van der Waals surface area contributed by atoms with Crippen molar-refractivity contribution in [3.05, 3.63) is 81.9 Å². The smallest absolute Gasteiger partial charge is 0.379 e. The molecule has 1 aromatic carbocycles. The highest BCUT2D eigenvalue weighted by Crippen LogP contribution is 2.35. The lowest BCUT2D eigenvalue weighted by Gasteiger charge is -2.42. The van der Waals surface area contributed by atoms with Gasteiger partial charge < -0.3 is 25.6 Å². The van der Waals surface area contributed by atoms with Gasteiger partial charge in [0.15, 0.2) is 6.10 Å². The number of nitrogens with zero attached hydrogens (tertiary/aromatic N) is 3. The summed E-state index contributed by atoms with van der Waals surface area (Å²) >= 11 is 0. The highest BCUT2D eigenvalue weighted by Gasteiger charge is 2.39. The van der Waals surface area contributed by atoms with E-state index >= 15 is 0 Å². The van der Waals surface area contributed by atoms with Gasteiger partial charge in [0.25, 0.3) is 5.56 Å². The summed E-state index contributed by atoms with van der Waals surface area (Å²) in [5, 5.41) is 33.4. The van der Waals surface area contributed by atoms with Gasteiger partial charge >= 0.3 is 12.4 Å². The summed E-state index contributed by atoms with van der Waals surface area (Å²) < 4.78 is 77.9. The third-order valence-electron chi connectivity index (χ3n) is 6.95. The van der Waals surface area contributed by atoms with Gasteiger partial charge in [0.05, 0.1) is 29.3 Å². The number of anilines is 3. The van der Waals surface area contributed by atoms with E-state index < -0.39 is 40.7 Å². The van der Waals surface area contributed by atoms with Crippen LogP contribution in [0.3, 0.4) is 0 Å². The summed E-state index contributed by atoms with van der Waals surface area (Å²) in [4.78, 5) is 21.0. The predicted octanol–water partition coefficient (Wildman–Crippen LogP) is 5.19. The maximum absolute atomic E-state index is 13.2. The summed E-state index contributed by atoms with van der Waals surface area (Å²) in [6, 6.07) is 9.97. The van der Waals surface area contributed by atoms with Gasteiger partial charge in [-0.2, -0.15) is 31.6 Å². The van der Waals surface area contributed by atoms with Crippen molar-refractivity contribution in [1.29, 1.82) is 10.7 Å². The van der Waals surface area contributed by atoms with Crippen LogP contribution in [-0.2, 0) is 6.18 Å². The van der Waals surface area contributed by atoms with E-state index in [1.807, 2.05) is 0 Å². The molecule has 3 heterocycles. The highest BCUT2D eigenvalue weighted by molar-refractivity contribution is 6.09. The average molecular weight is 594 g/mol. The van der Waals surface area contributed by atoms with E-state index in [1.54, 1.807) is 4.90 Å². The van der Waals surface area contributed by atoms with E-state index in [4.69, 9.17) is 5.41 Å². The van der Waals surface area contributed by atoms with Crippen molar-refractivity contribution < 1.29 is 31.4 Å². The number of aliphatic hydroxyl groups is 1. The van der Waals surface area contributed by atoms with Crippen LogP contribution in [0.2, 0.25) is 0 Å². The number of halogens is 6. The fraction of sp³-hybridized carbons (Fsp3) is 0.333. The number of nitriles is 1. The lowest BCUT2D eigenvalue weighted by molar-refractivity contribution is -0.206. The number of aliphatic hydroxyl groups excluding tert-OH is 1. The van der Waals surface area contributed by atoms with Crippen LogP contribution in [-0.4, -0.2) is 45.7 Å².